The molecule has 1 unspecified atom stereocenters. The van der Waals surface area contributed by atoms with Crippen LogP contribution in [0.2, 0.25) is 0 Å². The molecule has 1 aliphatic rings. The minimum atomic E-state index is -0.330. The summed E-state index contributed by atoms with van der Waals surface area (Å²) < 4.78 is 10.3. The number of esters is 1. The molecular formula is C13H18N2O3. The van der Waals surface area contributed by atoms with Gasteiger partial charge in [0.15, 0.2) is 0 Å². The van der Waals surface area contributed by atoms with Crippen LogP contribution in [0.15, 0.2) is 18.2 Å². The predicted octanol–water partition coefficient (Wildman–Crippen LogP) is 1.65. The van der Waals surface area contributed by atoms with E-state index in [0.29, 0.717) is 24.5 Å². The van der Waals surface area contributed by atoms with Crippen LogP contribution in [-0.4, -0.2) is 31.8 Å². The zero-order chi connectivity index (χ0) is 13.0. The molecule has 1 saturated heterocycles. The third-order valence-corrected chi connectivity index (χ3v) is 2.85. The fourth-order valence-corrected chi connectivity index (χ4v) is 1.89. The Balaban J connectivity index is 2.12. The Morgan fingerprint density at radius 1 is 1.61 bits per heavy atom. The van der Waals surface area contributed by atoms with E-state index in [1.807, 2.05) is 0 Å². The molecule has 0 aliphatic carbocycles. The van der Waals surface area contributed by atoms with Gasteiger partial charge < -0.3 is 20.5 Å². The minimum absolute atomic E-state index is 0.254. The van der Waals surface area contributed by atoms with E-state index in [1.54, 1.807) is 25.1 Å². The SMILES string of the molecule is CCOC(=O)c1ccc(N)c(NC2CCOC2)c1. The highest BCUT2D eigenvalue weighted by Gasteiger charge is 2.17. The van der Waals surface area contributed by atoms with Crippen molar-refractivity contribution in [2.45, 2.75) is 19.4 Å². The number of nitrogens with two attached hydrogens (primary N) is 1. The highest BCUT2D eigenvalue weighted by molar-refractivity contribution is 5.92. The van der Waals surface area contributed by atoms with Crippen LogP contribution in [0, 0.1) is 0 Å². The highest BCUT2D eigenvalue weighted by Crippen LogP contribution is 2.23. The molecule has 5 heteroatoms. The molecule has 1 aliphatic heterocycles. The average Bonchev–Trinajstić information content (AvgIpc) is 2.85. The van der Waals surface area contributed by atoms with Crippen LogP contribution in [0.25, 0.3) is 0 Å². The molecule has 0 radical (unpaired) electrons. The van der Waals surface area contributed by atoms with Crippen molar-refractivity contribution < 1.29 is 14.3 Å². The maximum absolute atomic E-state index is 11.6. The Kier molecular flexibility index (Phi) is 4.04. The van der Waals surface area contributed by atoms with Crippen molar-refractivity contribution in [3.8, 4) is 0 Å². The first-order valence-electron chi connectivity index (χ1n) is 6.11. The molecule has 0 spiro atoms. The molecule has 1 aromatic carbocycles. The average molecular weight is 250 g/mol. The summed E-state index contributed by atoms with van der Waals surface area (Å²) in [5.41, 5.74) is 7.77. The molecule has 3 N–H and O–H groups in total. The summed E-state index contributed by atoms with van der Waals surface area (Å²) in [6.45, 7) is 3.57. The summed E-state index contributed by atoms with van der Waals surface area (Å²) in [6, 6.07) is 5.37. The maximum Gasteiger partial charge on any atom is 0.338 e. The summed E-state index contributed by atoms with van der Waals surface area (Å²) in [6.07, 6.45) is 0.947. The van der Waals surface area contributed by atoms with E-state index in [-0.39, 0.29) is 12.0 Å². The molecule has 98 valence electrons. The molecule has 5 nitrogen and oxygen atoms in total. The predicted molar refractivity (Wildman–Crippen MR) is 69.7 cm³/mol. The lowest BCUT2D eigenvalue weighted by Gasteiger charge is -2.15. The van der Waals surface area contributed by atoms with Crippen molar-refractivity contribution in [1.29, 1.82) is 0 Å². The van der Waals surface area contributed by atoms with Gasteiger partial charge >= 0.3 is 5.97 Å². The number of nitrogens with one attached hydrogen (secondary N) is 1. The number of rotatable bonds is 4. The van der Waals surface area contributed by atoms with Gasteiger partial charge in [0, 0.05) is 6.61 Å². The number of carbonyl (C=O) groups is 1. The van der Waals surface area contributed by atoms with Gasteiger partial charge in [-0.05, 0) is 31.5 Å². The van der Waals surface area contributed by atoms with Gasteiger partial charge in [-0.25, -0.2) is 4.79 Å². The van der Waals surface area contributed by atoms with Crippen molar-refractivity contribution in [2.24, 2.45) is 0 Å². The number of benzene rings is 1. The monoisotopic (exact) mass is 250 g/mol. The molecule has 1 heterocycles. The number of hydrogen-bond acceptors (Lipinski definition) is 5. The van der Waals surface area contributed by atoms with Gasteiger partial charge in [0.2, 0.25) is 0 Å². The summed E-state index contributed by atoms with van der Waals surface area (Å²) in [4.78, 5) is 11.6. The van der Waals surface area contributed by atoms with Gasteiger partial charge in [0.25, 0.3) is 0 Å². The molecule has 1 fully saturated rings. The molecule has 18 heavy (non-hydrogen) atoms. The number of anilines is 2. The summed E-state index contributed by atoms with van der Waals surface area (Å²) in [5, 5.41) is 3.29. The van der Waals surface area contributed by atoms with Gasteiger partial charge in [-0.2, -0.15) is 0 Å². The fraction of sp³-hybridized carbons (Fsp3) is 0.462. The molecule has 2 rings (SSSR count). The Hall–Kier alpha value is -1.75. The van der Waals surface area contributed by atoms with Crippen molar-refractivity contribution >= 4 is 17.3 Å². The Bertz CT molecular complexity index is 428. The largest absolute Gasteiger partial charge is 0.462 e. The molecule has 1 atom stereocenters. The van der Waals surface area contributed by atoms with Gasteiger partial charge in [-0.3, -0.25) is 0 Å². The van der Waals surface area contributed by atoms with E-state index in [1.165, 1.54) is 0 Å². The second kappa shape index (κ2) is 5.73. The van der Waals surface area contributed by atoms with Crippen LogP contribution in [-0.2, 0) is 9.47 Å². The van der Waals surface area contributed by atoms with E-state index < -0.39 is 0 Å². The Labute approximate surface area is 106 Å². The summed E-state index contributed by atoms with van der Waals surface area (Å²) in [5.74, 6) is -0.330. The van der Waals surface area contributed by atoms with E-state index in [2.05, 4.69) is 5.32 Å². The maximum atomic E-state index is 11.6. The number of ether oxygens (including phenoxy) is 2. The van der Waals surface area contributed by atoms with Gasteiger partial charge in [-0.1, -0.05) is 0 Å². The van der Waals surface area contributed by atoms with Crippen molar-refractivity contribution in [3.05, 3.63) is 23.8 Å². The van der Waals surface area contributed by atoms with Crippen molar-refractivity contribution in [3.63, 3.8) is 0 Å². The Morgan fingerprint density at radius 2 is 2.44 bits per heavy atom. The fourth-order valence-electron chi connectivity index (χ4n) is 1.89. The van der Waals surface area contributed by atoms with E-state index in [9.17, 15) is 4.79 Å². The summed E-state index contributed by atoms with van der Waals surface area (Å²) >= 11 is 0. The van der Waals surface area contributed by atoms with Crippen LogP contribution in [0.4, 0.5) is 11.4 Å². The molecule has 1 aromatic rings. The first-order chi connectivity index (χ1) is 8.70. The lowest BCUT2D eigenvalue weighted by atomic mass is 10.1. The second-order valence-corrected chi connectivity index (χ2v) is 4.23. The first kappa shape index (κ1) is 12.7. The lowest BCUT2D eigenvalue weighted by molar-refractivity contribution is 0.0526. The van der Waals surface area contributed by atoms with Crippen molar-refractivity contribution in [2.75, 3.05) is 30.9 Å². The molecule has 0 aromatic heterocycles. The highest BCUT2D eigenvalue weighted by atomic mass is 16.5. The van der Waals surface area contributed by atoms with Crippen LogP contribution < -0.4 is 11.1 Å². The smallest absolute Gasteiger partial charge is 0.338 e. The normalized spacial score (nSPS) is 18.6. The third-order valence-electron chi connectivity index (χ3n) is 2.85. The van der Waals surface area contributed by atoms with Crippen molar-refractivity contribution in [1.82, 2.24) is 0 Å². The Morgan fingerprint density at radius 3 is 3.11 bits per heavy atom. The second-order valence-electron chi connectivity index (χ2n) is 4.23. The third kappa shape index (κ3) is 2.92. The quantitative estimate of drug-likeness (QED) is 0.628. The van der Waals surface area contributed by atoms with Crippen LogP contribution >= 0.6 is 0 Å². The molecule has 0 saturated carbocycles. The van der Waals surface area contributed by atoms with Crippen LogP contribution in [0.1, 0.15) is 23.7 Å². The molecule has 0 bridgehead atoms. The minimum Gasteiger partial charge on any atom is -0.462 e. The van der Waals surface area contributed by atoms with Crippen LogP contribution in [0.3, 0.4) is 0 Å². The number of carbonyl (C=O) groups excluding carboxylic acids is 1. The molecule has 0 amide bonds. The first-order valence-corrected chi connectivity index (χ1v) is 6.11. The lowest BCUT2D eigenvalue weighted by Crippen LogP contribution is -2.20. The van der Waals surface area contributed by atoms with Crippen LogP contribution in [0.5, 0.6) is 0 Å². The van der Waals surface area contributed by atoms with Gasteiger partial charge in [0.1, 0.15) is 0 Å². The zero-order valence-electron chi connectivity index (χ0n) is 10.4. The molecular weight excluding hydrogens is 232 g/mol. The number of nitrogen functional groups attached to an aromatic ring is 1. The van der Waals surface area contributed by atoms with E-state index in [4.69, 9.17) is 15.2 Å². The summed E-state index contributed by atoms with van der Waals surface area (Å²) in [7, 11) is 0. The topological polar surface area (TPSA) is 73.6 Å². The van der Waals surface area contributed by atoms with Gasteiger partial charge in [0.05, 0.1) is 36.2 Å². The van der Waals surface area contributed by atoms with E-state index in [0.717, 1.165) is 18.7 Å². The zero-order valence-corrected chi connectivity index (χ0v) is 10.4. The standard InChI is InChI=1S/C13H18N2O3/c1-2-18-13(16)9-3-4-11(14)12(7-9)15-10-5-6-17-8-10/h3-4,7,10,15H,2,5-6,8,14H2,1H3. The number of hydrogen-bond donors (Lipinski definition) is 2. The van der Waals surface area contributed by atoms with Gasteiger partial charge in [-0.15, -0.1) is 0 Å². The van der Waals surface area contributed by atoms with E-state index >= 15 is 0 Å².